The second-order valence-corrected chi connectivity index (χ2v) is 9.18. The molecule has 0 aliphatic carbocycles. The van der Waals surface area contributed by atoms with Gasteiger partial charge in [0.15, 0.2) is 0 Å². The van der Waals surface area contributed by atoms with Crippen molar-refractivity contribution in [2.75, 3.05) is 0 Å². The van der Waals surface area contributed by atoms with E-state index in [2.05, 4.69) is 12.7 Å². The van der Waals surface area contributed by atoms with Gasteiger partial charge in [-0.1, -0.05) is 0 Å². The molecule has 0 saturated heterocycles. The Kier molecular flexibility index (Phi) is 6.09. The van der Waals surface area contributed by atoms with Crippen molar-refractivity contribution in [1.29, 1.82) is 0 Å². The van der Waals surface area contributed by atoms with Gasteiger partial charge >= 0.3 is 44.3 Å². The Bertz CT molecular complexity index is 12.4. The van der Waals surface area contributed by atoms with Gasteiger partial charge in [0.25, 0.3) is 0 Å². The maximum absolute atomic E-state index is 2.30. The maximum atomic E-state index is 2.30. The van der Waals surface area contributed by atoms with Gasteiger partial charge < -0.3 is 0 Å². The number of rotatable bonds is 2. The van der Waals surface area contributed by atoms with Gasteiger partial charge in [-0.25, -0.2) is 0 Å². The molecule has 0 saturated carbocycles. The van der Waals surface area contributed by atoms with Crippen LogP contribution in [-0.2, 0) is 0 Å². The molecular weight excluding hydrogens is 194 g/mol. The van der Waals surface area contributed by atoms with E-state index in [1.165, 1.54) is 5.32 Å². The molecule has 0 aliphatic heterocycles. The molecule has 0 fully saturated rings. The van der Waals surface area contributed by atoms with Gasteiger partial charge in [0.1, 0.15) is 0 Å². The van der Waals surface area contributed by atoms with E-state index in [0.29, 0.717) is 0 Å². The summed E-state index contributed by atoms with van der Waals surface area (Å²) in [4.78, 5) is 0. The molecule has 0 aromatic rings. The molecule has 0 aliphatic rings. The molecule has 0 unspecified atom stereocenters. The summed E-state index contributed by atoms with van der Waals surface area (Å²) in [5.74, 6) is 2.30. The van der Waals surface area contributed by atoms with E-state index in [-0.39, 0.29) is 0 Å². The molecular formula is C3H8Se2. The zero-order chi connectivity index (χ0) is 4.12. The zero-order valence-electron chi connectivity index (χ0n) is 3.52. The van der Waals surface area contributed by atoms with Crippen LogP contribution in [0.3, 0.4) is 0 Å². The van der Waals surface area contributed by atoms with Crippen molar-refractivity contribution in [2.45, 2.75) is 18.1 Å². The second kappa shape index (κ2) is 5.04. The van der Waals surface area contributed by atoms with Crippen LogP contribution in [0.5, 0.6) is 0 Å². The molecule has 0 N–H and O–H groups in total. The molecule has 0 rings (SSSR count). The Morgan fingerprint density at radius 2 is 2.20 bits per heavy atom. The van der Waals surface area contributed by atoms with Crippen molar-refractivity contribution in [3.8, 4) is 0 Å². The minimum atomic E-state index is 0.988. The summed E-state index contributed by atoms with van der Waals surface area (Å²) in [5, 5.41) is 1.43. The van der Waals surface area contributed by atoms with Crippen molar-refractivity contribution in [3.05, 3.63) is 0 Å². The molecule has 0 amide bonds. The van der Waals surface area contributed by atoms with Crippen molar-refractivity contribution in [3.63, 3.8) is 0 Å². The molecule has 0 aromatic carbocycles. The molecule has 0 atom stereocenters. The predicted octanol–water partition coefficient (Wildman–Crippen LogP) is 0.796. The van der Waals surface area contributed by atoms with Gasteiger partial charge in [-0.2, -0.15) is 0 Å². The molecule has 0 aromatic heterocycles. The predicted molar refractivity (Wildman–Crippen MR) is 27.9 cm³/mol. The Balaban J connectivity index is 2.19. The van der Waals surface area contributed by atoms with Crippen molar-refractivity contribution < 1.29 is 0 Å². The summed E-state index contributed by atoms with van der Waals surface area (Å²) in [7, 11) is 0. The molecule has 0 radical (unpaired) electrons. The summed E-state index contributed by atoms with van der Waals surface area (Å²) < 4.78 is 0. The van der Waals surface area contributed by atoms with Crippen molar-refractivity contribution in [1.82, 2.24) is 0 Å². The normalized spacial score (nSPS) is 8.40. The number of hydrogen-bond donors (Lipinski definition) is 0. The van der Waals surface area contributed by atoms with Crippen LogP contribution in [0.4, 0.5) is 0 Å². The second-order valence-electron chi connectivity index (χ2n) is 0.573. The quantitative estimate of drug-likeness (QED) is 0.581. The molecule has 0 bridgehead atoms. The van der Waals surface area contributed by atoms with E-state index in [1.54, 1.807) is 0 Å². The topological polar surface area (TPSA) is 0 Å². The van der Waals surface area contributed by atoms with Crippen LogP contribution in [0.25, 0.3) is 0 Å². The van der Waals surface area contributed by atoms with Crippen LogP contribution < -0.4 is 0 Å². The van der Waals surface area contributed by atoms with Gasteiger partial charge in [0.2, 0.25) is 0 Å². The Hall–Kier alpha value is 1.04. The SMILES string of the molecule is CC[Se][Se]C. The van der Waals surface area contributed by atoms with Crippen LogP contribution in [0.15, 0.2) is 0 Å². The van der Waals surface area contributed by atoms with Gasteiger partial charge in [-0.15, -0.1) is 0 Å². The van der Waals surface area contributed by atoms with Crippen LogP contribution in [-0.4, -0.2) is 26.3 Å². The molecule has 0 spiro atoms. The summed E-state index contributed by atoms with van der Waals surface area (Å²) >= 11 is 2.01. The Labute approximate surface area is 44.6 Å². The van der Waals surface area contributed by atoms with E-state index in [4.69, 9.17) is 0 Å². The van der Waals surface area contributed by atoms with Gasteiger partial charge in [-0.05, 0) is 0 Å². The summed E-state index contributed by atoms with van der Waals surface area (Å²) in [6, 6.07) is 0. The fourth-order valence-electron chi connectivity index (χ4n) is 0.118. The molecule has 5 heavy (non-hydrogen) atoms. The molecule has 2 heteroatoms. The third-order valence-corrected chi connectivity index (χ3v) is 6.36. The standard InChI is InChI=1S/C3H8Se2/c1-3-5-4-2/h3H2,1-2H3. The molecule has 0 heterocycles. The van der Waals surface area contributed by atoms with Crippen molar-refractivity contribution >= 4 is 26.3 Å². The van der Waals surface area contributed by atoms with E-state index in [9.17, 15) is 0 Å². The fraction of sp³-hybridized carbons (Fsp3) is 1.00. The minimum absolute atomic E-state index is 0.988. The monoisotopic (exact) mass is 204 g/mol. The third-order valence-electron chi connectivity index (χ3n) is 0.236. The Morgan fingerprint density at radius 1 is 1.60 bits per heavy atom. The third kappa shape index (κ3) is 5.04. The number of hydrogen-bond acceptors (Lipinski definition) is 0. The first kappa shape index (κ1) is 6.04. The average Bonchev–Trinajstić information content (AvgIpc) is 1.41. The first-order valence-electron chi connectivity index (χ1n) is 1.57. The zero-order valence-corrected chi connectivity index (χ0v) is 6.95. The van der Waals surface area contributed by atoms with Crippen LogP contribution >= 0.6 is 0 Å². The van der Waals surface area contributed by atoms with E-state index in [1.807, 2.05) is 0 Å². The molecule has 0 nitrogen and oxygen atoms in total. The van der Waals surface area contributed by atoms with Crippen LogP contribution in [0.1, 0.15) is 6.92 Å². The average molecular weight is 202 g/mol. The summed E-state index contributed by atoms with van der Waals surface area (Å²) in [5.41, 5.74) is 0. The van der Waals surface area contributed by atoms with Gasteiger partial charge in [0, 0.05) is 0 Å². The van der Waals surface area contributed by atoms with E-state index < -0.39 is 0 Å². The van der Waals surface area contributed by atoms with Crippen LogP contribution in [0, 0.1) is 0 Å². The van der Waals surface area contributed by atoms with E-state index in [0.717, 1.165) is 26.3 Å². The van der Waals surface area contributed by atoms with Crippen LogP contribution in [0.2, 0.25) is 11.1 Å². The van der Waals surface area contributed by atoms with Crippen molar-refractivity contribution in [2.24, 2.45) is 0 Å². The fourth-order valence-corrected chi connectivity index (χ4v) is 3.18. The van der Waals surface area contributed by atoms with Gasteiger partial charge in [-0.3, -0.25) is 0 Å². The summed E-state index contributed by atoms with van der Waals surface area (Å²) in [6.07, 6.45) is 0. The first-order chi connectivity index (χ1) is 2.41. The molecule has 32 valence electrons. The van der Waals surface area contributed by atoms with E-state index >= 15 is 0 Å². The summed E-state index contributed by atoms with van der Waals surface area (Å²) in [6.45, 7) is 2.26. The Morgan fingerprint density at radius 3 is 2.20 bits per heavy atom. The first-order valence-corrected chi connectivity index (χ1v) is 8.83. The van der Waals surface area contributed by atoms with Gasteiger partial charge in [0.05, 0.1) is 0 Å².